The topological polar surface area (TPSA) is 70.6 Å². The Hall–Kier alpha value is -2.60. The third kappa shape index (κ3) is 5.60. The van der Waals surface area contributed by atoms with E-state index in [1.807, 2.05) is 31.2 Å². The molecule has 5 nitrogen and oxygen atoms in total. The summed E-state index contributed by atoms with van der Waals surface area (Å²) < 4.78 is 5.38. The minimum Gasteiger partial charge on any atom is -0.494 e. The van der Waals surface area contributed by atoms with E-state index in [4.69, 9.17) is 22.1 Å². The molecule has 6 heteroatoms. The van der Waals surface area contributed by atoms with Crippen LogP contribution in [0.3, 0.4) is 0 Å². The minimum atomic E-state index is -0.849. The molecule has 0 heterocycles. The van der Waals surface area contributed by atoms with Crippen molar-refractivity contribution in [2.45, 2.75) is 13.3 Å². The monoisotopic (exact) mass is 330 g/mol. The largest absolute Gasteiger partial charge is 0.494 e. The number of aliphatic carboxylic acids is 1. The van der Waals surface area contributed by atoms with Gasteiger partial charge in [-0.15, -0.1) is 0 Å². The maximum atomic E-state index is 10.6. The maximum Gasteiger partial charge on any atom is 0.307 e. The number of hydrogen-bond donors (Lipinski definition) is 3. The molecule has 0 saturated heterocycles. The third-order valence-electron chi connectivity index (χ3n) is 2.99. The molecule has 0 atom stereocenters. The predicted octanol–water partition coefficient (Wildman–Crippen LogP) is 3.52. The first-order chi connectivity index (χ1) is 11.1. The third-order valence-corrected chi connectivity index (χ3v) is 3.19. The molecule has 0 amide bonds. The van der Waals surface area contributed by atoms with Crippen molar-refractivity contribution in [3.8, 4) is 5.75 Å². The molecule has 0 aliphatic heterocycles. The zero-order chi connectivity index (χ0) is 16.7. The Morgan fingerprint density at radius 3 is 2.04 bits per heavy atom. The highest BCUT2D eigenvalue weighted by Crippen LogP contribution is 2.16. The first-order valence-electron chi connectivity index (χ1n) is 7.18. The van der Waals surface area contributed by atoms with E-state index in [-0.39, 0.29) is 6.42 Å². The van der Waals surface area contributed by atoms with Gasteiger partial charge in [0.2, 0.25) is 0 Å². The Kier molecular flexibility index (Phi) is 5.94. The van der Waals surface area contributed by atoms with E-state index in [0.717, 1.165) is 22.7 Å². The van der Waals surface area contributed by atoms with E-state index in [1.165, 1.54) is 0 Å². The number of benzene rings is 2. The summed E-state index contributed by atoms with van der Waals surface area (Å²) in [5.74, 6) is -0.0376. The lowest BCUT2D eigenvalue weighted by Gasteiger charge is -2.11. The van der Waals surface area contributed by atoms with Crippen LogP contribution in [0.1, 0.15) is 12.5 Å². The van der Waals surface area contributed by atoms with E-state index in [2.05, 4.69) is 10.6 Å². The number of carboxylic acids is 1. The molecular weight excluding hydrogens is 312 g/mol. The van der Waals surface area contributed by atoms with Gasteiger partial charge in [0, 0.05) is 11.4 Å². The van der Waals surface area contributed by atoms with Crippen LogP contribution in [-0.4, -0.2) is 22.8 Å². The lowest BCUT2D eigenvalue weighted by molar-refractivity contribution is -0.136. The van der Waals surface area contributed by atoms with Gasteiger partial charge >= 0.3 is 5.97 Å². The molecule has 2 rings (SSSR count). The first kappa shape index (κ1) is 16.8. The second-order valence-corrected chi connectivity index (χ2v) is 5.21. The van der Waals surface area contributed by atoms with Crippen molar-refractivity contribution in [1.29, 1.82) is 0 Å². The van der Waals surface area contributed by atoms with Gasteiger partial charge in [-0.2, -0.15) is 0 Å². The van der Waals surface area contributed by atoms with Crippen molar-refractivity contribution in [3.05, 3.63) is 54.1 Å². The smallest absolute Gasteiger partial charge is 0.307 e. The van der Waals surface area contributed by atoms with Crippen molar-refractivity contribution in [2.75, 3.05) is 17.2 Å². The van der Waals surface area contributed by atoms with Crippen LogP contribution < -0.4 is 15.4 Å². The van der Waals surface area contributed by atoms with Crippen molar-refractivity contribution in [2.24, 2.45) is 0 Å². The first-order valence-corrected chi connectivity index (χ1v) is 7.59. The molecule has 0 spiro atoms. The van der Waals surface area contributed by atoms with Gasteiger partial charge in [0.25, 0.3) is 0 Å². The van der Waals surface area contributed by atoms with Gasteiger partial charge in [0.1, 0.15) is 5.75 Å². The SMILES string of the molecule is CCOc1ccc(NC(=S)Nc2ccc(CC(=O)O)cc2)cc1. The van der Waals surface area contributed by atoms with E-state index in [1.54, 1.807) is 24.3 Å². The molecule has 120 valence electrons. The normalized spacial score (nSPS) is 9.96. The van der Waals surface area contributed by atoms with E-state index in [9.17, 15) is 4.79 Å². The molecule has 0 unspecified atom stereocenters. The van der Waals surface area contributed by atoms with Gasteiger partial charge in [0.05, 0.1) is 13.0 Å². The molecule has 2 aromatic carbocycles. The fourth-order valence-electron chi connectivity index (χ4n) is 1.98. The maximum absolute atomic E-state index is 10.6. The Morgan fingerprint density at radius 1 is 1.04 bits per heavy atom. The molecule has 0 aliphatic carbocycles. The predicted molar refractivity (Wildman–Crippen MR) is 95.2 cm³/mol. The summed E-state index contributed by atoms with van der Waals surface area (Å²) in [6.45, 7) is 2.57. The molecule has 3 N–H and O–H groups in total. The van der Waals surface area contributed by atoms with Gasteiger partial charge in [0.15, 0.2) is 5.11 Å². The number of carbonyl (C=O) groups is 1. The molecule has 0 radical (unpaired) electrons. The van der Waals surface area contributed by atoms with E-state index in [0.29, 0.717) is 11.7 Å². The molecule has 0 aliphatic rings. The number of carboxylic acid groups (broad SMARTS) is 1. The summed E-state index contributed by atoms with van der Waals surface area (Å²) in [5.41, 5.74) is 2.39. The van der Waals surface area contributed by atoms with Crippen LogP contribution in [0.4, 0.5) is 11.4 Å². The second-order valence-electron chi connectivity index (χ2n) is 4.80. The summed E-state index contributed by atoms with van der Waals surface area (Å²) in [7, 11) is 0. The average molecular weight is 330 g/mol. The number of ether oxygens (including phenoxy) is 1. The summed E-state index contributed by atoms with van der Waals surface area (Å²) in [6.07, 6.45) is 0.00908. The van der Waals surface area contributed by atoms with Gasteiger partial charge < -0.3 is 20.5 Å². The standard InChI is InChI=1S/C17H18N2O3S/c1-2-22-15-9-7-14(8-10-15)19-17(23)18-13-5-3-12(4-6-13)11-16(20)21/h3-10H,2,11H2,1H3,(H,20,21)(H2,18,19,23). The Bertz CT molecular complexity index is 669. The fraction of sp³-hybridized carbons (Fsp3) is 0.176. The molecule has 2 aromatic rings. The van der Waals surface area contributed by atoms with Crippen molar-refractivity contribution >= 4 is 34.7 Å². The van der Waals surface area contributed by atoms with Crippen molar-refractivity contribution < 1.29 is 14.6 Å². The van der Waals surface area contributed by atoms with Crippen LogP contribution in [-0.2, 0) is 11.2 Å². The van der Waals surface area contributed by atoms with Crippen LogP contribution in [0.15, 0.2) is 48.5 Å². The Morgan fingerprint density at radius 2 is 1.57 bits per heavy atom. The quantitative estimate of drug-likeness (QED) is 0.704. The van der Waals surface area contributed by atoms with Crippen LogP contribution in [0, 0.1) is 0 Å². The zero-order valence-corrected chi connectivity index (χ0v) is 13.5. The molecule has 0 fully saturated rings. The number of hydrogen-bond acceptors (Lipinski definition) is 3. The van der Waals surface area contributed by atoms with E-state index >= 15 is 0 Å². The highest BCUT2D eigenvalue weighted by atomic mass is 32.1. The molecular formula is C17H18N2O3S. The van der Waals surface area contributed by atoms with Crippen LogP contribution in [0.25, 0.3) is 0 Å². The van der Waals surface area contributed by atoms with Crippen molar-refractivity contribution in [3.63, 3.8) is 0 Å². The van der Waals surface area contributed by atoms with Crippen molar-refractivity contribution in [1.82, 2.24) is 0 Å². The Labute approximate surface area is 140 Å². The lowest BCUT2D eigenvalue weighted by atomic mass is 10.1. The lowest BCUT2D eigenvalue weighted by Crippen LogP contribution is -2.19. The molecule has 23 heavy (non-hydrogen) atoms. The summed E-state index contributed by atoms with van der Waals surface area (Å²) in [6, 6.07) is 14.6. The number of thiocarbonyl (C=S) groups is 1. The van der Waals surface area contributed by atoms with Crippen LogP contribution >= 0.6 is 12.2 Å². The summed E-state index contributed by atoms with van der Waals surface area (Å²) >= 11 is 5.26. The molecule has 0 bridgehead atoms. The zero-order valence-electron chi connectivity index (χ0n) is 12.7. The van der Waals surface area contributed by atoms with Gasteiger partial charge in [-0.1, -0.05) is 12.1 Å². The number of anilines is 2. The highest BCUT2D eigenvalue weighted by molar-refractivity contribution is 7.80. The molecule has 0 saturated carbocycles. The van der Waals surface area contributed by atoms with Gasteiger partial charge in [-0.05, 0) is 61.1 Å². The average Bonchev–Trinajstić information content (AvgIpc) is 2.51. The Balaban J connectivity index is 1.90. The highest BCUT2D eigenvalue weighted by Gasteiger charge is 2.02. The fourth-order valence-corrected chi connectivity index (χ4v) is 2.21. The van der Waals surface area contributed by atoms with E-state index < -0.39 is 5.97 Å². The number of nitrogens with one attached hydrogen (secondary N) is 2. The van der Waals surface area contributed by atoms with Gasteiger partial charge in [-0.3, -0.25) is 4.79 Å². The second kappa shape index (κ2) is 8.14. The number of rotatable bonds is 6. The summed E-state index contributed by atoms with van der Waals surface area (Å²) in [4.78, 5) is 10.6. The van der Waals surface area contributed by atoms with Crippen LogP contribution in [0.5, 0.6) is 5.75 Å². The molecule has 0 aromatic heterocycles. The minimum absolute atomic E-state index is 0.00908. The van der Waals surface area contributed by atoms with Crippen LogP contribution in [0.2, 0.25) is 0 Å². The summed E-state index contributed by atoms with van der Waals surface area (Å²) in [5, 5.41) is 15.3. The van der Waals surface area contributed by atoms with Gasteiger partial charge in [-0.25, -0.2) is 0 Å².